The largest absolute Gasteiger partial charge is 0.242 e. The summed E-state index contributed by atoms with van der Waals surface area (Å²) >= 11 is 0. The highest BCUT2D eigenvalue weighted by molar-refractivity contribution is 5.58. The number of hydrogen-bond acceptors (Lipinski definition) is 2. The van der Waals surface area contributed by atoms with Gasteiger partial charge in [-0.25, -0.2) is 14.4 Å². The van der Waals surface area contributed by atoms with Gasteiger partial charge in [-0.1, -0.05) is 13.8 Å². The van der Waals surface area contributed by atoms with Crippen molar-refractivity contribution in [3.63, 3.8) is 0 Å². The molecule has 0 radical (unpaired) electrons. The lowest BCUT2D eigenvalue weighted by molar-refractivity contribution is 0.628. The van der Waals surface area contributed by atoms with E-state index < -0.39 is 0 Å². The number of nitrogens with zero attached hydrogens (tertiary/aromatic N) is 2. The van der Waals surface area contributed by atoms with Crippen LogP contribution in [0.1, 0.15) is 19.7 Å². The van der Waals surface area contributed by atoms with Gasteiger partial charge < -0.3 is 0 Å². The molecular weight excluding hydrogens is 203 g/mol. The molecule has 0 amide bonds. The molecule has 2 nitrogen and oxygen atoms in total. The molecule has 0 fully saturated rings. The smallest absolute Gasteiger partial charge is 0.125 e. The van der Waals surface area contributed by atoms with Crippen molar-refractivity contribution in [2.75, 3.05) is 0 Å². The number of benzene rings is 1. The van der Waals surface area contributed by atoms with Crippen LogP contribution in [-0.2, 0) is 0 Å². The van der Waals surface area contributed by atoms with Gasteiger partial charge in [-0.05, 0) is 37.3 Å². The second-order valence-corrected chi connectivity index (χ2v) is 3.00. The molecule has 0 aliphatic rings. The normalized spacial score (nSPS) is 9.25. The third-order valence-corrected chi connectivity index (χ3v) is 1.92. The van der Waals surface area contributed by atoms with Crippen molar-refractivity contribution in [3.05, 3.63) is 48.2 Å². The van der Waals surface area contributed by atoms with Crippen molar-refractivity contribution in [1.29, 1.82) is 0 Å². The highest BCUT2D eigenvalue weighted by Crippen LogP contribution is 2.16. The topological polar surface area (TPSA) is 25.8 Å². The molecule has 0 saturated carbocycles. The van der Waals surface area contributed by atoms with E-state index in [9.17, 15) is 4.39 Å². The van der Waals surface area contributed by atoms with Gasteiger partial charge in [0.25, 0.3) is 0 Å². The Morgan fingerprint density at radius 3 is 2.19 bits per heavy atom. The Labute approximate surface area is 95.2 Å². The van der Waals surface area contributed by atoms with Gasteiger partial charge in [0.15, 0.2) is 0 Å². The van der Waals surface area contributed by atoms with Crippen LogP contribution in [0, 0.1) is 12.7 Å². The van der Waals surface area contributed by atoms with Crippen molar-refractivity contribution in [2.45, 2.75) is 20.8 Å². The summed E-state index contributed by atoms with van der Waals surface area (Å²) in [6.07, 6.45) is 1.70. The van der Waals surface area contributed by atoms with E-state index in [4.69, 9.17) is 0 Å². The van der Waals surface area contributed by atoms with Crippen LogP contribution in [0.25, 0.3) is 11.3 Å². The highest BCUT2D eigenvalue weighted by atomic mass is 19.1. The minimum atomic E-state index is -0.237. The van der Waals surface area contributed by atoms with E-state index >= 15 is 0 Å². The summed E-state index contributed by atoms with van der Waals surface area (Å²) in [5.74, 6) is 0.478. The van der Waals surface area contributed by atoms with Crippen LogP contribution in [-0.4, -0.2) is 9.97 Å². The Morgan fingerprint density at radius 2 is 1.62 bits per heavy atom. The number of rotatable bonds is 1. The molecule has 16 heavy (non-hydrogen) atoms. The Morgan fingerprint density at radius 1 is 1.00 bits per heavy atom. The lowest BCUT2D eigenvalue weighted by Crippen LogP contribution is -1.89. The van der Waals surface area contributed by atoms with Crippen LogP contribution in [0.15, 0.2) is 36.5 Å². The first-order valence-corrected chi connectivity index (χ1v) is 5.31. The molecule has 1 heterocycles. The maximum absolute atomic E-state index is 12.6. The van der Waals surface area contributed by atoms with Gasteiger partial charge in [0.1, 0.15) is 11.6 Å². The van der Waals surface area contributed by atoms with Gasteiger partial charge in [-0.3, -0.25) is 0 Å². The summed E-state index contributed by atoms with van der Waals surface area (Å²) in [6, 6.07) is 8.06. The summed E-state index contributed by atoms with van der Waals surface area (Å²) in [4.78, 5) is 8.24. The van der Waals surface area contributed by atoms with E-state index in [1.807, 2.05) is 20.8 Å². The first kappa shape index (κ1) is 12.3. The summed E-state index contributed by atoms with van der Waals surface area (Å²) in [5.41, 5.74) is 1.72. The molecule has 2 rings (SSSR count). The lowest BCUT2D eigenvalue weighted by atomic mass is 10.1. The predicted octanol–water partition coefficient (Wildman–Crippen LogP) is 3.62. The number of aryl methyl sites for hydroxylation is 1. The average molecular weight is 218 g/mol. The second-order valence-electron chi connectivity index (χ2n) is 3.00. The number of aromatic nitrogens is 2. The fraction of sp³-hybridized carbons (Fsp3) is 0.231. The summed E-state index contributed by atoms with van der Waals surface area (Å²) in [6.45, 7) is 5.83. The van der Waals surface area contributed by atoms with Gasteiger partial charge in [-0.2, -0.15) is 0 Å². The molecule has 0 spiro atoms. The zero-order valence-electron chi connectivity index (χ0n) is 9.74. The van der Waals surface area contributed by atoms with Crippen LogP contribution in [0.4, 0.5) is 4.39 Å². The molecule has 84 valence electrons. The van der Waals surface area contributed by atoms with E-state index in [2.05, 4.69) is 9.97 Å². The number of hydrogen-bond donors (Lipinski definition) is 0. The van der Waals surface area contributed by atoms with Crippen LogP contribution in [0.5, 0.6) is 0 Å². The summed E-state index contributed by atoms with van der Waals surface area (Å²) in [7, 11) is 0. The minimum absolute atomic E-state index is 0.237. The standard InChI is InChI=1S/C11H9FN2.C2H6/c1-8-13-7-6-11(14-8)9-2-4-10(12)5-3-9;1-2/h2-7H,1H3;1-2H3. The molecule has 3 heteroatoms. The van der Waals surface area contributed by atoms with Crippen molar-refractivity contribution in [1.82, 2.24) is 9.97 Å². The molecule has 1 aromatic carbocycles. The SMILES string of the molecule is CC.Cc1nccc(-c2ccc(F)cc2)n1. The molecule has 0 aliphatic heterocycles. The molecule has 0 bridgehead atoms. The summed E-state index contributed by atoms with van der Waals surface area (Å²) in [5, 5.41) is 0. The fourth-order valence-electron chi connectivity index (χ4n) is 1.24. The van der Waals surface area contributed by atoms with Gasteiger partial charge in [0.05, 0.1) is 5.69 Å². The maximum atomic E-state index is 12.6. The average Bonchev–Trinajstić information content (AvgIpc) is 2.32. The predicted molar refractivity (Wildman–Crippen MR) is 63.5 cm³/mol. The van der Waals surface area contributed by atoms with Crippen molar-refractivity contribution >= 4 is 0 Å². The van der Waals surface area contributed by atoms with Crippen LogP contribution >= 0.6 is 0 Å². The second kappa shape index (κ2) is 5.95. The Bertz CT molecular complexity index is 438. The van der Waals surface area contributed by atoms with E-state index in [1.165, 1.54) is 12.1 Å². The Balaban J connectivity index is 0.000000606. The third-order valence-electron chi connectivity index (χ3n) is 1.92. The van der Waals surface area contributed by atoms with Gasteiger partial charge in [0.2, 0.25) is 0 Å². The van der Waals surface area contributed by atoms with Crippen molar-refractivity contribution in [3.8, 4) is 11.3 Å². The molecular formula is C13H15FN2. The lowest BCUT2D eigenvalue weighted by Gasteiger charge is -2.00. The molecule has 1 aromatic heterocycles. The van der Waals surface area contributed by atoms with Crippen LogP contribution in [0.2, 0.25) is 0 Å². The molecule has 0 atom stereocenters. The van der Waals surface area contributed by atoms with E-state index in [-0.39, 0.29) is 5.82 Å². The zero-order valence-corrected chi connectivity index (χ0v) is 9.74. The zero-order chi connectivity index (χ0) is 12.0. The van der Waals surface area contributed by atoms with E-state index in [0.29, 0.717) is 5.82 Å². The van der Waals surface area contributed by atoms with Crippen molar-refractivity contribution < 1.29 is 4.39 Å². The third kappa shape index (κ3) is 3.12. The molecule has 0 saturated heterocycles. The molecule has 0 unspecified atom stereocenters. The Kier molecular flexibility index (Phi) is 4.58. The van der Waals surface area contributed by atoms with Crippen molar-refractivity contribution in [2.24, 2.45) is 0 Å². The fourth-order valence-corrected chi connectivity index (χ4v) is 1.24. The van der Waals surface area contributed by atoms with Gasteiger partial charge in [0, 0.05) is 11.8 Å². The highest BCUT2D eigenvalue weighted by Gasteiger charge is 1.99. The van der Waals surface area contributed by atoms with Gasteiger partial charge >= 0.3 is 0 Å². The quantitative estimate of drug-likeness (QED) is 0.730. The molecule has 2 aromatic rings. The van der Waals surface area contributed by atoms with E-state index in [1.54, 1.807) is 24.4 Å². The molecule has 0 aliphatic carbocycles. The molecule has 0 N–H and O–H groups in total. The summed E-state index contributed by atoms with van der Waals surface area (Å²) < 4.78 is 12.6. The monoisotopic (exact) mass is 218 g/mol. The minimum Gasteiger partial charge on any atom is -0.242 e. The van der Waals surface area contributed by atoms with Gasteiger partial charge in [-0.15, -0.1) is 0 Å². The first-order valence-electron chi connectivity index (χ1n) is 5.31. The first-order chi connectivity index (χ1) is 7.75. The van der Waals surface area contributed by atoms with Crippen LogP contribution in [0.3, 0.4) is 0 Å². The van der Waals surface area contributed by atoms with E-state index in [0.717, 1.165) is 11.3 Å². The van der Waals surface area contributed by atoms with Crippen LogP contribution < -0.4 is 0 Å². The Hall–Kier alpha value is -1.77. The number of halogens is 1. The maximum Gasteiger partial charge on any atom is 0.125 e.